The van der Waals surface area contributed by atoms with Crippen LogP contribution in [0.2, 0.25) is 0 Å². The van der Waals surface area contributed by atoms with Crippen molar-refractivity contribution in [1.29, 1.82) is 0 Å². The van der Waals surface area contributed by atoms with E-state index >= 15 is 0 Å². The molecule has 17 rings (SSSR count). The Balaban J connectivity index is 0.851. The Labute approximate surface area is 492 Å². The Morgan fingerprint density at radius 3 is 1.31 bits per heavy atom. The fourth-order valence-electron chi connectivity index (χ4n) is 16.4. The highest BCUT2D eigenvalue weighted by Gasteiger charge is 2.36. The highest BCUT2D eigenvalue weighted by molar-refractivity contribution is 6.23. The second kappa shape index (κ2) is 20.3. The van der Waals surface area contributed by atoms with Crippen LogP contribution in [0, 0.1) is 11.8 Å². The van der Waals surface area contributed by atoms with E-state index in [1.165, 1.54) is 208 Å². The van der Waals surface area contributed by atoms with Crippen molar-refractivity contribution in [2.75, 3.05) is 0 Å². The summed E-state index contributed by atoms with van der Waals surface area (Å²) in [5.74, 6) is 2.34. The van der Waals surface area contributed by atoms with E-state index in [0.29, 0.717) is 5.92 Å². The highest BCUT2D eigenvalue weighted by atomic mass is 15.0. The third-order valence-electron chi connectivity index (χ3n) is 20.2. The molecule has 3 aliphatic rings. The summed E-state index contributed by atoms with van der Waals surface area (Å²) in [6, 6.07) is 94.9. The molecule has 2 heterocycles. The second-order valence-corrected chi connectivity index (χ2v) is 24.7. The van der Waals surface area contributed by atoms with Gasteiger partial charge in [0.15, 0.2) is 0 Å². The number of hydrogen-bond acceptors (Lipinski definition) is 0. The lowest BCUT2D eigenvalue weighted by molar-refractivity contribution is 0.144. The lowest BCUT2D eigenvalue weighted by Gasteiger charge is -2.41. The van der Waals surface area contributed by atoms with Crippen molar-refractivity contribution in [3.63, 3.8) is 0 Å². The minimum Gasteiger partial charge on any atom is -0.309 e. The number of para-hydroxylation sites is 2. The number of fused-ring (bicyclic) bond motifs is 10. The minimum absolute atomic E-state index is 0.643. The van der Waals surface area contributed by atoms with E-state index in [1.54, 1.807) is 5.56 Å². The SMILES string of the molecule is c1ccc(-c2c3ccc(-c4ccc5c(c4)c4cc(C6CCCC7CCCCC76)ccc4n5-c4ccccc4)cc3c(-c3ccccc3)c3ccc(-c4ccc5c(c4)c4cc(-c6cccc7c6CCCC7)ccc4n5-c4ccccc4)cc23)cc1. The summed E-state index contributed by atoms with van der Waals surface area (Å²) in [7, 11) is 0. The van der Waals surface area contributed by atoms with Gasteiger partial charge in [-0.05, 0) is 235 Å². The summed E-state index contributed by atoms with van der Waals surface area (Å²) in [5, 5.41) is 10.3. The Morgan fingerprint density at radius 1 is 0.286 bits per heavy atom. The molecule has 0 radical (unpaired) electrons. The molecule has 2 heteroatoms. The molecular formula is C82H66N2. The second-order valence-electron chi connectivity index (χ2n) is 24.7. The first-order valence-electron chi connectivity index (χ1n) is 31.2. The molecule has 2 nitrogen and oxygen atoms in total. The number of hydrogen-bond donors (Lipinski definition) is 0. The van der Waals surface area contributed by atoms with Gasteiger partial charge in [-0.15, -0.1) is 0 Å². The largest absolute Gasteiger partial charge is 0.309 e. The van der Waals surface area contributed by atoms with Crippen LogP contribution in [-0.4, -0.2) is 9.13 Å². The van der Waals surface area contributed by atoms with Gasteiger partial charge in [-0.2, -0.15) is 0 Å². The van der Waals surface area contributed by atoms with Gasteiger partial charge in [-0.25, -0.2) is 0 Å². The average molecular weight is 1080 g/mol. The van der Waals surface area contributed by atoms with Gasteiger partial charge in [0.2, 0.25) is 0 Å². The summed E-state index contributed by atoms with van der Waals surface area (Å²) < 4.78 is 4.95. The maximum absolute atomic E-state index is 2.61. The summed E-state index contributed by atoms with van der Waals surface area (Å²) in [5.41, 5.74) is 24.5. The predicted molar refractivity (Wildman–Crippen MR) is 356 cm³/mol. The summed E-state index contributed by atoms with van der Waals surface area (Å²) in [4.78, 5) is 0. The zero-order valence-corrected chi connectivity index (χ0v) is 47.6. The van der Waals surface area contributed by atoms with Gasteiger partial charge in [0, 0.05) is 32.9 Å². The van der Waals surface area contributed by atoms with Gasteiger partial charge in [0.05, 0.1) is 22.1 Å². The van der Waals surface area contributed by atoms with E-state index < -0.39 is 0 Å². The first-order valence-corrected chi connectivity index (χ1v) is 31.2. The van der Waals surface area contributed by atoms with Crippen LogP contribution in [0.3, 0.4) is 0 Å². The first-order chi connectivity index (χ1) is 41.7. The molecule has 3 atom stereocenters. The van der Waals surface area contributed by atoms with E-state index in [-0.39, 0.29) is 0 Å². The van der Waals surface area contributed by atoms with Gasteiger partial charge in [0.25, 0.3) is 0 Å². The third-order valence-corrected chi connectivity index (χ3v) is 20.2. The smallest absolute Gasteiger partial charge is 0.0541 e. The van der Waals surface area contributed by atoms with E-state index in [2.05, 4.69) is 258 Å². The zero-order valence-electron chi connectivity index (χ0n) is 47.6. The maximum atomic E-state index is 2.61. The van der Waals surface area contributed by atoms with E-state index in [4.69, 9.17) is 0 Å². The monoisotopic (exact) mass is 1080 g/mol. The highest BCUT2D eigenvalue weighted by Crippen LogP contribution is 2.51. The molecule has 3 unspecified atom stereocenters. The number of rotatable bonds is 8. The normalized spacial score (nSPS) is 17.1. The molecule has 0 spiro atoms. The Bertz CT molecular complexity index is 4870. The van der Waals surface area contributed by atoms with Crippen molar-refractivity contribution < 1.29 is 0 Å². The van der Waals surface area contributed by atoms with Gasteiger partial charge >= 0.3 is 0 Å². The fourth-order valence-corrected chi connectivity index (χ4v) is 16.4. The van der Waals surface area contributed by atoms with E-state index in [0.717, 1.165) is 18.3 Å². The maximum Gasteiger partial charge on any atom is 0.0541 e. The molecule has 2 fully saturated rings. The lowest BCUT2D eigenvalue weighted by atomic mass is 9.64. The molecule has 0 bridgehead atoms. The topological polar surface area (TPSA) is 9.86 Å². The van der Waals surface area contributed by atoms with Crippen molar-refractivity contribution in [2.45, 2.75) is 76.5 Å². The van der Waals surface area contributed by atoms with Crippen molar-refractivity contribution in [1.82, 2.24) is 9.13 Å². The molecule has 12 aromatic carbocycles. The van der Waals surface area contributed by atoms with Gasteiger partial charge < -0.3 is 9.13 Å². The third kappa shape index (κ3) is 8.12. The van der Waals surface area contributed by atoms with E-state index in [9.17, 15) is 0 Å². The molecule has 3 aliphatic carbocycles. The van der Waals surface area contributed by atoms with Crippen LogP contribution < -0.4 is 0 Å². The van der Waals surface area contributed by atoms with Crippen LogP contribution in [0.25, 0.3) is 132 Å². The van der Waals surface area contributed by atoms with Crippen molar-refractivity contribution in [3.05, 3.63) is 265 Å². The predicted octanol–water partition coefficient (Wildman–Crippen LogP) is 22.5. The average Bonchev–Trinajstić information content (AvgIpc) is 2.40. The standard InChI is InChI=1S/C82H66N2/c1-5-21-55(22-6-1)81-69-41-35-58(60-38-44-78-72(48-60)74-52-62(68-34-18-26-54-20-14-16-32-66(54)68)40-46-80(74)84(78)64-29-11-4-12-30-64)50-76(69)82(56-23-7-2-8-24-56)70-42-36-57(49-75(70)81)59-37-43-77-71(47-59)73-51-61(67-33-17-25-53-19-13-15-31-65(53)67)39-45-79(73)83(77)63-27-9-3-10-28-63/h1-12,17,21-25,27-30,33,35-52,54,66,68H,13-16,18-20,26,31-32,34H2. The molecular weight excluding hydrogens is 1010 g/mol. The Morgan fingerprint density at radius 2 is 0.738 bits per heavy atom. The Kier molecular flexibility index (Phi) is 11.9. The zero-order chi connectivity index (χ0) is 55.2. The molecule has 404 valence electrons. The molecule has 2 saturated carbocycles. The molecule has 2 aromatic heterocycles. The summed E-state index contributed by atoms with van der Waals surface area (Å²) >= 11 is 0. The summed E-state index contributed by atoms with van der Waals surface area (Å²) in [6.07, 6.45) is 14.5. The van der Waals surface area contributed by atoms with Crippen molar-refractivity contribution in [3.8, 4) is 67.0 Å². The van der Waals surface area contributed by atoms with Crippen LogP contribution in [0.4, 0.5) is 0 Å². The van der Waals surface area contributed by atoms with Crippen LogP contribution in [0.1, 0.15) is 80.4 Å². The summed E-state index contributed by atoms with van der Waals surface area (Å²) in [6.45, 7) is 0. The van der Waals surface area contributed by atoms with Gasteiger partial charge in [0.1, 0.15) is 0 Å². The Hall–Kier alpha value is -9.24. The van der Waals surface area contributed by atoms with Crippen LogP contribution in [-0.2, 0) is 12.8 Å². The van der Waals surface area contributed by atoms with Gasteiger partial charge in [-0.3, -0.25) is 0 Å². The number of benzene rings is 12. The number of aryl methyl sites for hydroxylation is 1. The number of aromatic nitrogens is 2. The van der Waals surface area contributed by atoms with Crippen LogP contribution in [0.15, 0.2) is 249 Å². The number of nitrogens with zero attached hydrogens (tertiary/aromatic N) is 2. The lowest BCUT2D eigenvalue weighted by Crippen LogP contribution is -2.29. The van der Waals surface area contributed by atoms with E-state index in [1.807, 2.05) is 0 Å². The van der Waals surface area contributed by atoms with Crippen molar-refractivity contribution >= 4 is 65.2 Å². The minimum atomic E-state index is 0.643. The fraction of sp³-hybridized carbons (Fsp3) is 0.171. The first kappa shape index (κ1) is 49.4. The quantitative estimate of drug-likeness (QED) is 0.134. The molecule has 14 aromatic rings. The molecule has 84 heavy (non-hydrogen) atoms. The molecule has 0 amide bonds. The van der Waals surface area contributed by atoms with Crippen molar-refractivity contribution in [2.24, 2.45) is 11.8 Å². The van der Waals surface area contributed by atoms with Crippen LogP contribution >= 0.6 is 0 Å². The molecule has 0 N–H and O–H groups in total. The molecule has 0 aliphatic heterocycles. The van der Waals surface area contributed by atoms with Gasteiger partial charge in [-0.1, -0.05) is 196 Å². The van der Waals surface area contributed by atoms with Crippen LogP contribution in [0.5, 0.6) is 0 Å². The molecule has 0 saturated heterocycles.